The minimum absolute atomic E-state index is 0.137. The van der Waals surface area contributed by atoms with E-state index >= 15 is 0 Å². The fourth-order valence-corrected chi connectivity index (χ4v) is 3.33. The summed E-state index contributed by atoms with van der Waals surface area (Å²) in [7, 11) is 0. The molecule has 2 aromatic carbocycles. The summed E-state index contributed by atoms with van der Waals surface area (Å²) >= 11 is 0. The van der Waals surface area contributed by atoms with Crippen LogP contribution in [0.5, 0.6) is 5.75 Å². The Bertz CT molecular complexity index is 908. The van der Waals surface area contributed by atoms with Gasteiger partial charge in [-0.2, -0.15) is 0 Å². The molecule has 0 aliphatic carbocycles. The van der Waals surface area contributed by atoms with E-state index in [1.807, 2.05) is 37.3 Å². The van der Waals surface area contributed by atoms with Gasteiger partial charge in [-0.15, -0.1) is 0 Å². The van der Waals surface area contributed by atoms with Crippen LogP contribution in [0.1, 0.15) is 39.3 Å². The Morgan fingerprint density at radius 3 is 2.21 bits per heavy atom. The summed E-state index contributed by atoms with van der Waals surface area (Å²) in [6.45, 7) is 7.78. The van der Waals surface area contributed by atoms with Crippen molar-refractivity contribution in [3.05, 3.63) is 71.5 Å². The number of hydrogen-bond donors (Lipinski definition) is 1. The van der Waals surface area contributed by atoms with Crippen molar-refractivity contribution < 1.29 is 19.4 Å². The van der Waals surface area contributed by atoms with Gasteiger partial charge < -0.3 is 9.84 Å². The number of nitrogens with zero attached hydrogens (tertiary/aromatic N) is 1. The normalized spacial score (nSPS) is 17.2. The molecule has 0 radical (unpaired) electrons. The zero-order valence-electron chi connectivity index (χ0n) is 16.6. The van der Waals surface area contributed by atoms with Crippen molar-refractivity contribution in [3.8, 4) is 5.75 Å². The molecular weight excluding hydrogens is 354 g/mol. The summed E-state index contributed by atoms with van der Waals surface area (Å²) in [6, 6.07) is 15.7. The first-order valence-electron chi connectivity index (χ1n) is 9.35. The SMILES string of the molecule is CCOc1ccc(N2C(=O)C(O)=C(C(=O)C(C)(C)C)C2c2ccccc2)cc1. The molecule has 1 amide bonds. The number of Topliss-reactive ketones (excluding diaryl/α,β-unsaturated/α-hetero) is 1. The van der Waals surface area contributed by atoms with Gasteiger partial charge in [0.1, 0.15) is 5.75 Å². The molecule has 5 nitrogen and oxygen atoms in total. The number of rotatable bonds is 5. The predicted octanol–water partition coefficient (Wildman–Crippen LogP) is 4.60. The van der Waals surface area contributed by atoms with E-state index in [1.54, 1.807) is 45.0 Å². The Morgan fingerprint density at radius 2 is 1.68 bits per heavy atom. The summed E-state index contributed by atoms with van der Waals surface area (Å²) in [5.41, 5.74) is 0.760. The minimum atomic E-state index is -0.731. The number of benzene rings is 2. The number of hydrogen-bond acceptors (Lipinski definition) is 4. The third-order valence-corrected chi connectivity index (χ3v) is 4.68. The van der Waals surface area contributed by atoms with Gasteiger partial charge >= 0.3 is 0 Å². The van der Waals surface area contributed by atoms with E-state index in [2.05, 4.69) is 0 Å². The zero-order valence-corrected chi connectivity index (χ0v) is 16.6. The molecule has 0 saturated heterocycles. The topological polar surface area (TPSA) is 66.8 Å². The van der Waals surface area contributed by atoms with E-state index in [4.69, 9.17) is 4.74 Å². The van der Waals surface area contributed by atoms with E-state index in [1.165, 1.54) is 4.90 Å². The third-order valence-electron chi connectivity index (χ3n) is 4.68. The van der Waals surface area contributed by atoms with E-state index < -0.39 is 23.1 Å². The van der Waals surface area contributed by atoms with Gasteiger partial charge in [-0.25, -0.2) is 0 Å². The molecule has 1 aliphatic rings. The number of ketones is 1. The lowest BCUT2D eigenvalue weighted by Crippen LogP contribution is -2.32. The maximum Gasteiger partial charge on any atom is 0.294 e. The number of aliphatic hydroxyl groups excluding tert-OH is 1. The van der Waals surface area contributed by atoms with Gasteiger partial charge in [0, 0.05) is 11.1 Å². The number of aliphatic hydroxyl groups is 1. The van der Waals surface area contributed by atoms with Crippen molar-refractivity contribution in [2.24, 2.45) is 5.41 Å². The standard InChI is InChI=1S/C23H25NO4/c1-5-28-17-13-11-16(12-14-17)24-19(15-9-7-6-8-10-15)18(20(25)22(24)27)21(26)23(2,3)4/h6-14,19,25H,5H2,1-4H3. The van der Waals surface area contributed by atoms with E-state index in [9.17, 15) is 14.7 Å². The van der Waals surface area contributed by atoms with Gasteiger partial charge in [0.15, 0.2) is 11.5 Å². The van der Waals surface area contributed by atoms with Crippen molar-refractivity contribution in [1.82, 2.24) is 0 Å². The fraction of sp³-hybridized carbons (Fsp3) is 0.304. The average molecular weight is 379 g/mol. The first-order valence-corrected chi connectivity index (χ1v) is 9.35. The summed E-state index contributed by atoms with van der Waals surface area (Å²) in [5, 5.41) is 10.6. The summed E-state index contributed by atoms with van der Waals surface area (Å²) < 4.78 is 5.47. The molecule has 0 bridgehead atoms. The summed E-state index contributed by atoms with van der Waals surface area (Å²) in [6.07, 6.45) is 0. The molecular formula is C23H25NO4. The molecule has 0 saturated carbocycles. The minimum Gasteiger partial charge on any atom is -0.503 e. The van der Waals surface area contributed by atoms with Gasteiger partial charge in [0.2, 0.25) is 0 Å². The smallest absolute Gasteiger partial charge is 0.294 e. The van der Waals surface area contributed by atoms with Crippen LogP contribution in [-0.2, 0) is 9.59 Å². The Kier molecular flexibility index (Phi) is 5.27. The highest BCUT2D eigenvalue weighted by molar-refractivity contribution is 6.17. The molecule has 1 unspecified atom stereocenters. The molecule has 146 valence electrons. The molecule has 5 heteroatoms. The molecule has 28 heavy (non-hydrogen) atoms. The number of carbonyl (C=O) groups excluding carboxylic acids is 2. The van der Waals surface area contributed by atoms with Crippen LogP contribution >= 0.6 is 0 Å². The molecule has 3 rings (SSSR count). The van der Waals surface area contributed by atoms with Crippen LogP contribution < -0.4 is 9.64 Å². The van der Waals surface area contributed by atoms with E-state index in [0.29, 0.717) is 18.0 Å². The first-order chi connectivity index (χ1) is 13.3. The van der Waals surface area contributed by atoms with Crippen molar-refractivity contribution >= 4 is 17.4 Å². The molecule has 2 aromatic rings. The second-order valence-corrected chi connectivity index (χ2v) is 7.76. The van der Waals surface area contributed by atoms with Gasteiger partial charge in [-0.3, -0.25) is 14.5 Å². The number of carbonyl (C=O) groups is 2. The van der Waals surface area contributed by atoms with Crippen LogP contribution in [0, 0.1) is 5.41 Å². The van der Waals surface area contributed by atoms with Gasteiger partial charge in [0.05, 0.1) is 18.2 Å². The maximum absolute atomic E-state index is 13.1. The van der Waals surface area contributed by atoms with Crippen LogP contribution in [0.3, 0.4) is 0 Å². The molecule has 1 heterocycles. The van der Waals surface area contributed by atoms with E-state index in [0.717, 1.165) is 5.56 Å². The lowest BCUT2D eigenvalue weighted by molar-refractivity contribution is -0.123. The Morgan fingerprint density at radius 1 is 1.07 bits per heavy atom. The largest absolute Gasteiger partial charge is 0.503 e. The monoisotopic (exact) mass is 379 g/mol. The summed E-state index contributed by atoms with van der Waals surface area (Å²) in [5.74, 6) is -0.619. The fourth-order valence-electron chi connectivity index (χ4n) is 3.33. The lowest BCUT2D eigenvalue weighted by atomic mass is 9.82. The van der Waals surface area contributed by atoms with Crippen LogP contribution in [0.2, 0.25) is 0 Å². The Hall–Kier alpha value is -3.08. The molecule has 0 spiro atoms. The first kappa shape index (κ1) is 19.7. The Labute approximate surface area is 165 Å². The number of amides is 1. The third kappa shape index (κ3) is 3.52. The number of ether oxygens (including phenoxy) is 1. The molecule has 0 fully saturated rings. The van der Waals surface area contributed by atoms with Crippen LogP contribution in [0.25, 0.3) is 0 Å². The van der Waals surface area contributed by atoms with Crippen LogP contribution in [-0.4, -0.2) is 23.4 Å². The van der Waals surface area contributed by atoms with Crippen molar-refractivity contribution in [1.29, 1.82) is 0 Å². The second kappa shape index (κ2) is 7.50. The van der Waals surface area contributed by atoms with Crippen molar-refractivity contribution in [3.63, 3.8) is 0 Å². The van der Waals surface area contributed by atoms with E-state index in [-0.39, 0.29) is 11.4 Å². The molecule has 1 aliphatic heterocycles. The average Bonchev–Trinajstić information content (AvgIpc) is 2.93. The molecule has 1 N–H and O–H groups in total. The quantitative estimate of drug-likeness (QED) is 0.824. The zero-order chi connectivity index (χ0) is 20.5. The maximum atomic E-state index is 13.1. The van der Waals surface area contributed by atoms with Crippen LogP contribution in [0.4, 0.5) is 5.69 Å². The van der Waals surface area contributed by atoms with Crippen molar-refractivity contribution in [2.75, 3.05) is 11.5 Å². The Balaban J connectivity index is 2.12. The van der Waals surface area contributed by atoms with Gasteiger partial charge in [-0.1, -0.05) is 51.1 Å². The highest BCUT2D eigenvalue weighted by Crippen LogP contribution is 2.43. The predicted molar refractivity (Wildman–Crippen MR) is 108 cm³/mol. The second-order valence-electron chi connectivity index (χ2n) is 7.76. The highest BCUT2D eigenvalue weighted by Gasteiger charge is 2.46. The van der Waals surface area contributed by atoms with Gasteiger partial charge in [-0.05, 0) is 36.8 Å². The van der Waals surface area contributed by atoms with Crippen molar-refractivity contribution in [2.45, 2.75) is 33.7 Å². The van der Waals surface area contributed by atoms with Crippen LogP contribution in [0.15, 0.2) is 65.9 Å². The number of anilines is 1. The highest BCUT2D eigenvalue weighted by atomic mass is 16.5. The van der Waals surface area contributed by atoms with Gasteiger partial charge in [0.25, 0.3) is 5.91 Å². The lowest BCUT2D eigenvalue weighted by Gasteiger charge is -2.29. The molecule has 0 aromatic heterocycles. The summed E-state index contributed by atoms with van der Waals surface area (Å²) in [4.78, 5) is 27.6. The molecule has 1 atom stereocenters.